The Morgan fingerprint density at radius 3 is 2.81 bits per heavy atom. The van der Waals surface area contributed by atoms with Crippen molar-refractivity contribution in [3.8, 4) is 0 Å². The van der Waals surface area contributed by atoms with Gasteiger partial charge in [-0.05, 0) is 42.9 Å². The maximum atomic E-state index is 9.82. The number of thiocarbonyl (C=S) groups is 1. The minimum Gasteiger partial charge on any atom is -0.390 e. The first-order valence-electron chi connectivity index (χ1n) is 4.93. The zero-order valence-corrected chi connectivity index (χ0v) is 9.52. The third-order valence-electron chi connectivity index (χ3n) is 2.21. The molecule has 0 bridgehead atoms. The van der Waals surface area contributed by atoms with Crippen LogP contribution in [0.1, 0.15) is 18.1 Å². The molecule has 4 N–H and O–H groups in total. The average Bonchev–Trinajstić information content (AvgIpc) is 2.29. The molecule has 1 aromatic carbocycles. The summed E-state index contributed by atoms with van der Waals surface area (Å²) in [5.74, 6) is 0. The zero-order chi connectivity index (χ0) is 12.0. The Hall–Kier alpha value is -1.10. The van der Waals surface area contributed by atoms with Crippen LogP contribution in [0.25, 0.3) is 0 Å². The van der Waals surface area contributed by atoms with Crippen LogP contribution < -0.4 is 5.73 Å². The first kappa shape index (κ1) is 13.0. The van der Waals surface area contributed by atoms with Crippen molar-refractivity contribution in [1.82, 2.24) is 0 Å². The van der Waals surface area contributed by atoms with Crippen molar-refractivity contribution in [2.45, 2.75) is 18.6 Å². The molecule has 5 heteroatoms. The molecular weight excluding hydrogens is 224 g/mol. The number of nitrogens with zero attached hydrogens (tertiary/aromatic N) is 1. The average molecular weight is 238 g/mol. The molecule has 0 aliphatic carbocycles. The van der Waals surface area contributed by atoms with Crippen LogP contribution in [0.5, 0.6) is 0 Å². The van der Waals surface area contributed by atoms with Gasteiger partial charge < -0.3 is 15.9 Å². The van der Waals surface area contributed by atoms with E-state index in [1.165, 1.54) is 0 Å². The number of aliphatic hydroxyl groups is 2. The molecule has 86 valence electrons. The minimum atomic E-state index is -0.955. The first-order valence-corrected chi connectivity index (χ1v) is 5.34. The van der Waals surface area contributed by atoms with E-state index in [0.29, 0.717) is 24.2 Å². The molecule has 0 heterocycles. The van der Waals surface area contributed by atoms with Gasteiger partial charge in [-0.25, -0.2) is 0 Å². The fourth-order valence-electron chi connectivity index (χ4n) is 1.38. The van der Waals surface area contributed by atoms with Gasteiger partial charge in [0, 0.05) is 0 Å². The van der Waals surface area contributed by atoms with E-state index >= 15 is 0 Å². The van der Waals surface area contributed by atoms with E-state index in [1.807, 2.05) is 0 Å². The first-order chi connectivity index (χ1) is 7.69. The number of aliphatic imine (C=N–C) groups is 1. The van der Waals surface area contributed by atoms with Crippen molar-refractivity contribution in [3.63, 3.8) is 0 Å². The van der Waals surface area contributed by atoms with Crippen molar-refractivity contribution in [3.05, 3.63) is 29.8 Å². The molecule has 16 heavy (non-hydrogen) atoms. The van der Waals surface area contributed by atoms with E-state index < -0.39 is 12.2 Å². The summed E-state index contributed by atoms with van der Waals surface area (Å²) < 4.78 is 0. The molecule has 0 aliphatic rings. The topological polar surface area (TPSA) is 78.8 Å². The highest BCUT2D eigenvalue weighted by Gasteiger charge is 2.17. The second kappa shape index (κ2) is 6.48. The number of hydrogen-bond donors (Lipinski definition) is 3. The van der Waals surface area contributed by atoms with E-state index in [4.69, 9.17) is 5.73 Å². The number of rotatable bonds is 5. The number of benzene rings is 1. The van der Waals surface area contributed by atoms with Gasteiger partial charge >= 0.3 is 0 Å². The lowest BCUT2D eigenvalue weighted by atomic mass is 10.0. The fourth-order valence-corrected chi connectivity index (χ4v) is 1.49. The van der Waals surface area contributed by atoms with Gasteiger partial charge in [-0.2, -0.15) is 4.99 Å². The maximum Gasteiger partial charge on any atom is 0.105 e. The van der Waals surface area contributed by atoms with E-state index in [0.717, 1.165) is 0 Å². The van der Waals surface area contributed by atoms with Crippen molar-refractivity contribution < 1.29 is 10.2 Å². The van der Waals surface area contributed by atoms with E-state index in [9.17, 15) is 10.2 Å². The van der Waals surface area contributed by atoms with E-state index in [1.54, 1.807) is 24.3 Å². The summed E-state index contributed by atoms with van der Waals surface area (Å²) in [6.07, 6.45) is -1.47. The molecule has 2 unspecified atom stereocenters. The van der Waals surface area contributed by atoms with Gasteiger partial charge in [-0.15, -0.1) is 0 Å². The Morgan fingerprint density at radius 1 is 1.44 bits per heavy atom. The number of aliphatic hydroxyl groups excluding tert-OH is 2. The maximum absolute atomic E-state index is 9.82. The smallest absolute Gasteiger partial charge is 0.105 e. The van der Waals surface area contributed by atoms with Crippen LogP contribution in [0.3, 0.4) is 0 Å². The third kappa shape index (κ3) is 3.48. The van der Waals surface area contributed by atoms with Crippen LogP contribution in [-0.4, -0.2) is 28.0 Å². The molecule has 1 rings (SSSR count). The monoisotopic (exact) mass is 238 g/mol. The van der Waals surface area contributed by atoms with Gasteiger partial charge in [-0.3, -0.25) is 0 Å². The van der Waals surface area contributed by atoms with Crippen LogP contribution in [0, 0.1) is 0 Å². The second-order valence-electron chi connectivity index (χ2n) is 3.39. The normalized spacial score (nSPS) is 13.9. The van der Waals surface area contributed by atoms with Gasteiger partial charge in [0.25, 0.3) is 0 Å². The lowest BCUT2D eigenvalue weighted by Crippen LogP contribution is -2.21. The molecular formula is C11H14N2O2S. The van der Waals surface area contributed by atoms with Gasteiger partial charge in [-0.1, -0.05) is 12.1 Å². The number of isothiocyanates is 1. The number of nitrogens with two attached hydrogens (primary N) is 1. The lowest BCUT2D eigenvalue weighted by Gasteiger charge is -2.17. The highest BCUT2D eigenvalue weighted by molar-refractivity contribution is 7.78. The van der Waals surface area contributed by atoms with Crippen LogP contribution in [-0.2, 0) is 0 Å². The summed E-state index contributed by atoms with van der Waals surface area (Å²) in [4.78, 5) is 3.80. The van der Waals surface area contributed by atoms with Gasteiger partial charge in [0.1, 0.15) is 6.10 Å². The summed E-state index contributed by atoms with van der Waals surface area (Å²) in [6, 6.07) is 6.85. The summed E-state index contributed by atoms with van der Waals surface area (Å²) in [5.41, 5.74) is 6.50. The molecule has 1 aromatic rings. The second-order valence-corrected chi connectivity index (χ2v) is 3.57. The molecule has 2 atom stereocenters. The Bertz CT molecular complexity index is 391. The van der Waals surface area contributed by atoms with Crippen LogP contribution in [0.15, 0.2) is 29.3 Å². The standard InChI is InChI=1S/C11H14N2O2S/c12-5-4-10(14)11(15)8-2-1-3-9(6-8)13-7-16/h1-3,6,10-11,14-15H,4-5,12H2. The molecule has 0 saturated heterocycles. The highest BCUT2D eigenvalue weighted by atomic mass is 32.1. The predicted octanol–water partition coefficient (Wildman–Crippen LogP) is 1.16. The molecule has 0 radical (unpaired) electrons. The third-order valence-corrected chi connectivity index (χ3v) is 2.30. The molecule has 0 saturated carbocycles. The van der Waals surface area contributed by atoms with E-state index in [2.05, 4.69) is 22.4 Å². The van der Waals surface area contributed by atoms with Crippen LogP contribution >= 0.6 is 12.2 Å². The highest BCUT2D eigenvalue weighted by Crippen LogP contribution is 2.22. The summed E-state index contributed by atoms with van der Waals surface area (Å²) in [7, 11) is 0. The molecule has 0 aromatic heterocycles. The summed E-state index contributed by atoms with van der Waals surface area (Å²) in [5, 5.41) is 21.7. The predicted molar refractivity (Wildman–Crippen MR) is 65.8 cm³/mol. The summed E-state index contributed by atoms with van der Waals surface area (Å²) in [6.45, 7) is 0.329. The van der Waals surface area contributed by atoms with Gasteiger partial charge in [0.2, 0.25) is 0 Å². The van der Waals surface area contributed by atoms with E-state index in [-0.39, 0.29) is 0 Å². The molecule has 0 amide bonds. The SMILES string of the molecule is NCCC(O)C(O)c1cccc(N=C=S)c1. The molecule has 0 fully saturated rings. The molecule has 0 spiro atoms. The summed E-state index contributed by atoms with van der Waals surface area (Å²) >= 11 is 4.49. The zero-order valence-electron chi connectivity index (χ0n) is 8.71. The Balaban J connectivity index is 2.86. The van der Waals surface area contributed by atoms with Gasteiger partial charge in [0.15, 0.2) is 0 Å². The minimum absolute atomic E-state index is 0.329. The van der Waals surface area contributed by atoms with Crippen LogP contribution in [0.4, 0.5) is 5.69 Å². The fraction of sp³-hybridized carbons (Fsp3) is 0.364. The lowest BCUT2D eigenvalue weighted by molar-refractivity contribution is 0.0150. The largest absolute Gasteiger partial charge is 0.390 e. The van der Waals surface area contributed by atoms with Gasteiger partial charge in [0.05, 0.1) is 17.0 Å². The van der Waals surface area contributed by atoms with Crippen molar-refractivity contribution in [1.29, 1.82) is 0 Å². The number of hydrogen-bond acceptors (Lipinski definition) is 5. The molecule has 0 aliphatic heterocycles. The van der Waals surface area contributed by atoms with Crippen LogP contribution in [0.2, 0.25) is 0 Å². The van der Waals surface area contributed by atoms with Crippen molar-refractivity contribution in [2.24, 2.45) is 10.7 Å². The quantitative estimate of drug-likeness (QED) is 0.531. The molecule has 4 nitrogen and oxygen atoms in total. The Labute approximate surface area is 99.4 Å². The Morgan fingerprint density at radius 2 is 2.19 bits per heavy atom. The Kier molecular flexibility index (Phi) is 5.25. The van der Waals surface area contributed by atoms with Crippen molar-refractivity contribution >= 4 is 23.1 Å². The van der Waals surface area contributed by atoms with Crippen molar-refractivity contribution in [2.75, 3.05) is 6.54 Å².